The van der Waals surface area contributed by atoms with Gasteiger partial charge in [-0.2, -0.15) is 0 Å². The Morgan fingerprint density at radius 1 is 1.24 bits per heavy atom. The highest BCUT2D eigenvalue weighted by Gasteiger charge is 2.17. The minimum atomic E-state index is -1.06. The highest BCUT2D eigenvalue weighted by Crippen LogP contribution is 2.18. The number of hydrogen-bond acceptors (Lipinski definition) is 3. The molecule has 1 aromatic carbocycles. The first-order valence-corrected chi connectivity index (χ1v) is 7.30. The Balaban J connectivity index is 2.63. The lowest BCUT2D eigenvalue weighted by Gasteiger charge is -2.25. The first-order valence-electron chi connectivity index (χ1n) is 7.30. The van der Waals surface area contributed by atoms with E-state index < -0.39 is 17.7 Å². The lowest BCUT2D eigenvalue weighted by molar-refractivity contribution is 0.158. The molecule has 0 saturated carbocycles. The van der Waals surface area contributed by atoms with Crippen molar-refractivity contribution in [2.24, 2.45) is 5.92 Å². The van der Waals surface area contributed by atoms with Gasteiger partial charge in [-0.1, -0.05) is 13.8 Å². The van der Waals surface area contributed by atoms with Crippen molar-refractivity contribution in [3.8, 4) is 0 Å². The predicted octanol–water partition coefficient (Wildman–Crippen LogP) is 2.56. The molecule has 0 spiro atoms. The van der Waals surface area contributed by atoms with Crippen LogP contribution < -0.4 is 5.32 Å². The minimum absolute atomic E-state index is 0.00403. The largest absolute Gasteiger partial charge is 0.387 e. The van der Waals surface area contributed by atoms with Gasteiger partial charge in [0.05, 0.1) is 6.10 Å². The molecule has 0 radical (unpaired) electrons. The molecule has 120 valence electrons. The number of aliphatic hydroxyl groups excluding tert-OH is 1. The van der Waals surface area contributed by atoms with Crippen molar-refractivity contribution in [3.63, 3.8) is 0 Å². The third-order valence-corrected chi connectivity index (χ3v) is 3.26. The molecule has 1 aromatic rings. The van der Waals surface area contributed by atoms with Crippen LogP contribution in [0.15, 0.2) is 18.2 Å². The summed E-state index contributed by atoms with van der Waals surface area (Å²) in [6.07, 6.45) is -0.103. The van der Waals surface area contributed by atoms with Crippen LogP contribution in [-0.4, -0.2) is 43.2 Å². The number of nitrogens with one attached hydrogen (secondary N) is 1. The van der Waals surface area contributed by atoms with Crippen molar-refractivity contribution in [2.45, 2.75) is 32.4 Å². The second-order valence-corrected chi connectivity index (χ2v) is 6.18. The summed E-state index contributed by atoms with van der Waals surface area (Å²) in [5, 5.41) is 13.3. The SMILES string of the molecule is CC(C)CC(CN(C)C)NCC(O)c1cc(F)ccc1F. The van der Waals surface area contributed by atoms with Gasteiger partial charge in [-0.05, 0) is 44.6 Å². The van der Waals surface area contributed by atoms with Crippen LogP contribution >= 0.6 is 0 Å². The number of likely N-dealkylation sites (N-methyl/N-ethyl adjacent to an activating group) is 1. The van der Waals surface area contributed by atoms with Crippen LogP contribution in [0.5, 0.6) is 0 Å². The molecule has 21 heavy (non-hydrogen) atoms. The molecule has 2 unspecified atom stereocenters. The first kappa shape index (κ1) is 18.0. The van der Waals surface area contributed by atoms with E-state index in [0.717, 1.165) is 31.2 Å². The molecular formula is C16H26F2N2O. The van der Waals surface area contributed by atoms with E-state index in [9.17, 15) is 13.9 Å². The Labute approximate surface area is 126 Å². The van der Waals surface area contributed by atoms with Crippen molar-refractivity contribution in [2.75, 3.05) is 27.2 Å². The number of aliphatic hydroxyl groups is 1. The number of rotatable bonds is 8. The van der Waals surface area contributed by atoms with Crippen molar-refractivity contribution < 1.29 is 13.9 Å². The molecule has 3 nitrogen and oxygen atoms in total. The van der Waals surface area contributed by atoms with Gasteiger partial charge in [-0.25, -0.2) is 8.78 Å². The van der Waals surface area contributed by atoms with Crippen molar-refractivity contribution in [1.82, 2.24) is 10.2 Å². The van der Waals surface area contributed by atoms with Crippen molar-refractivity contribution in [1.29, 1.82) is 0 Å². The molecule has 0 aliphatic carbocycles. The molecule has 0 heterocycles. The van der Waals surface area contributed by atoms with Gasteiger partial charge in [-0.3, -0.25) is 0 Å². The maximum absolute atomic E-state index is 13.6. The molecule has 0 amide bonds. The zero-order valence-electron chi connectivity index (χ0n) is 13.2. The summed E-state index contributed by atoms with van der Waals surface area (Å²) in [4.78, 5) is 2.06. The third kappa shape index (κ3) is 6.50. The van der Waals surface area contributed by atoms with E-state index in [1.54, 1.807) is 0 Å². The number of halogens is 2. The third-order valence-electron chi connectivity index (χ3n) is 3.26. The molecule has 5 heteroatoms. The van der Waals surface area contributed by atoms with E-state index in [1.165, 1.54) is 0 Å². The Morgan fingerprint density at radius 2 is 1.90 bits per heavy atom. The maximum Gasteiger partial charge on any atom is 0.129 e. The summed E-state index contributed by atoms with van der Waals surface area (Å²) in [6.45, 7) is 5.29. The minimum Gasteiger partial charge on any atom is -0.387 e. The lowest BCUT2D eigenvalue weighted by atomic mass is 10.0. The van der Waals surface area contributed by atoms with Crippen LogP contribution in [-0.2, 0) is 0 Å². The maximum atomic E-state index is 13.6. The fraction of sp³-hybridized carbons (Fsp3) is 0.625. The second-order valence-electron chi connectivity index (χ2n) is 6.18. The molecule has 0 fully saturated rings. The molecule has 0 aromatic heterocycles. The fourth-order valence-electron chi connectivity index (χ4n) is 2.39. The topological polar surface area (TPSA) is 35.5 Å². The summed E-state index contributed by atoms with van der Waals surface area (Å²) >= 11 is 0. The van der Waals surface area contributed by atoms with E-state index >= 15 is 0 Å². The van der Waals surface area contributed by atoms with E-state index in [0.29, 0.717) is 5.92 Å². The smallest absolute Gasteiger partial charge is 0.129 e. The quantitative estimate of drug-likeness (QED) is 0.774. The summed E-state index contributed by atoms with van der Waals surface area (Å²) in [7, 11) is 3.97. The van der Waals surface area contributed by atoms with Crippen LogP contribution in [0.3, 0.4) is 0 Å². The van der Waals surface area contributed by atoms with Gasteiger partial charge in [0, 0.05) is 24.7 Å². The van der Waals surface area contributed by atoms with Gasteiger partial charge >= 0.3 is 0 Å². The van der Waals surface area contributed by atoms with Crippen LogP contribution in [0.25, 0.3) is 0 Å². The first-order chi connectivity index (χ1) is 9.79. The average Bonchev–Trinajstić information content (AvgIpc) is 2.37. The van der Waals surface area contributed by atoms with Gasteiger partial charge in [0.1, 0.15) is 11.6 Å². The van der Waals surface area contributed by atoms with Crippen molar-refractivity contribution >= 4 is 0 Å². The van der Waals surface area contributed by atoms with E-state index in [4.69, 9.17) is 0 Å². The summed E-state index contributed by atoms with van der Waals surface area (Å²) in [5.41, 5.74) is -0.00403. The Hall–Kier alpha value is -1.04. The molecule has 0 bridgehead atoms. The van der Waals surface area contributed by atoms with E-state index in [1.807, 2.05) is 14.1 Å². The summed E-state index contributed by atoms with van der Waals surface area (Å²) < 4.78 is 26.7. The van der Waals surface area contributed by atoms with Crippen LogP contribution in [0.2, 0.25) is 0 Å². The second kappa shape index (κ2) is 8.41. The number of hydrogen-bond donors (Lipinski definition) is 2. The molecular weight excluding hydrogens is 274 g/mol. The zero-order chi connectivity index (χ0) is 16.0. The average molecular weight is 300 g/mol. The van der Waals surface area contributed by atoms with Crippen LogP contribution in [0.4, 0.5) is 8.78 Å². The number of benzene rings is 1. The van der Waals surface area contributed by atoms with Gasteiger partial charge in [0.2, 0.25) is 0 Å². The van der Waals surface area contributed by atoms with Crippen LogP contribution in [0, 0.1) is 17.6 Å². The standard InChI is InChI=1S/C16H26F2N2O/c1-11(2)7-13(10-20(3)4)19-9-16(21)14-8-12(17)5-6-15(14)18/h5-6,8,11,13,16,19,21H,7,9-10H2,1-4H3. The predicted molar refractivity (Wildman–Crippen MR) is 81.1 cm³/mol. The number of nitrogens with zero attached hydrogens (tertiary/aromatic N) is 1. The van der Waals surface area contributed by atoms with Gasteiger partial charge in [0.15, 0.2) is 0 Å². The summed E-state index contributed by atoms with van der Waals surface area (Å²) in [5.74, 6) is -0.610. The van der Waals surface area contributed by atoms with Gasteiger partial charge in [-0.15, -0.1) is 0 Å². The Kier molecular flexibility index (Phi) is 7.22. The van der Waals surface area contributed by atoms with Gasteiger partial charge in [0.25, 0.3) is 0 Å². The Morgan fingerprint density at radius 3 is 2.48 bits per heavy atom. The highest BCUT2D eigenvalue weighted by molar-refractivity contribution is 5.21. The molecule has 0 saturated heterocycles. The summed E-state index contributed by atoms with van der Waals surface area (Å²) in [6, 6.07) is 3.34. The monoisotopic (exact) mass is 300 g/mol. The van der Waals surface area contributed by atoms with E-state index in [2.05, 4.69) is 24.1 Å². The molecule has 2 atom stereocenters. The van der Waals surface area contributed by atoms with Crippen molar-refractivity contribution in [3.05, 3.63) is 35.4 Å². The van der Waals surface area contributed by atoms with Gasteiger partial charge < -0.3 is 15.3 Å². The zero-order valence-corrected chi connectivity index (χ0v) is 13.2. The van der Waals surface area contributed by atoms with Crippen LogP contribution in [0.1, 0.15) is 31.9 Å². The molecule has 1 rings (SSSR count). The molecule has 0 aliphatic heterocycles. The normalized spacial score (nSPS) is 14.7. The lowest BCUT2D eigenvalue weighted by Crippen LogP contribution is -2.41. The van der Waals surface area contributed by atoms with E-state index in [-0.39, 0.29) is 18.2 Å². The fourth-order valence-corrected chi connectivity index (χ4v) is 2.39. The Bertz CT molecular complexity index is 428. The molecule has 0 aliphatic rings. The molecule has 2 N–H and O–H groups in total. The highest BCUT2D eigenvalue weighted by atomic mass is 19.1.